The van der Waals surface area contributed by atoms with Crippen LogP contribution in [0, 0.1) is 5.41 Å². The normalized spacial score (nSPS) is 32.6. The average molecular weight is 233 g/mol. The Morgan fingerprint density at radius 1 is 1.13 bits per heavy atom. The molecule has 1 aliphatic carbocycles. The third-order valence-corrected chi connectivity index (χ3v) is 4.08. The monoisotopic (exact) mass is 232 g/mol. The van der Waals surface area contributed by atoms with E-state index in [9.17, 15) is 0 Å². The molecular formula is C12H25ClN2. The van der Waals surface area contributed by atoms with Crippen molar-refractivity contribution in [1.29, 1.82) is 0 Å². The summed E-state index contributed by atoms with van der Waals surface area (Å²) < 4.78 is 0. The van der Waals surface area contributed by atoms with Crippen LogP contribution in [0.2, 0.25) is 0 Å². The van der Waals surface area contributed by atoms with Crippen LogP contribution in [0.15, 0.2) is 0 Å². The second-order valence-electron chi connectivity index (χ2n) is 5.94. The summed E-state index contributed by atoms with van der Waals surface area (Å²) in [6, 6.07) is 1.29. The molecule has 1 heterocycles. The first kappa shape index (κ1) is 13.3. The zero-order valence-corrected chi connectivity index (χ0v) is 10.9. The van der Waals surface area contributed by atoms with Gasteiger partial charge >= 0.3 is 0 Å². The van der Waals surface area contributed by atoms with Gasteiger partial charge in [0.1, 0.15) is 0 Å². The van der Waals surface area contributed by atoms with Crippen LogP contribution in [-0.4, -0.2) is 30.1 Å². The molecule has 0 unspecified atom stereocenters. The highest BCUT2D eigenvalue weighted by molar-refractivity contribution is 5.85. The summed E-state index contributed by atoms with van der Waals surface area (Å²) in [5.41, 5.74) is 6.54. The molecule has 2 rings (SSSR count). The van der Waals surface area contributed by atoms with Crippen LogP contribution in [-0.2, 0) is 0 Å². The van der Waals surface area contributed by atoms with E-state index in [4.69, 9.17) is 5.73 Å². The fourth-order valence-electron chi connectivity index (χ4n) is 2.90. The first-order chi connectivity index (χ1) is 6.57. The van der Waals surface area contributed by atoms with Crippen LogP contribution in [0.5, 0.6) is 0 Å². The molecule has 0 aromatic heterocycles. The first-order valence-corrected chi connectivity index (χ1v) is 6.06. The summed E-state index contributed by atoms with van der Waals surface area (Å²) in [6.07, 6.45) is 6.77. The van der Waals surface area contributed by atoms with E-state index in [-0.39, 0.29) is 12.4 Å². The van der Waals surface area contributed by atoms with Crippen LogP contribution >= 0.6 is 12.4 Å². The molecule has 1 aliphatic heterocycles. The van der Waals surface area contributed by atoms with Gasteiger partial charge in [-0.15, -0.1) is 12.4 Å². The average Bonchev–Trinajstić information content (AvgIpc) is 2.52. The molecule has 0 aromatic carbocycles. The van der Waals surface area contributed by atoms with Crippen molar-refractivity contribution in [2.45, 2.75) is 58.0 Å². The number of nitrogens with two attached hydrogens (primary N) is 1. The van der Waals surface area contributed by atoms with Crippen molar-refractivity contribution < 1.29 is 0 Å². The maximum absolute atomic E-state index is 5.94. The van der Waals surface area contributed by atoms with E-state index in [0.29, 0.717) is 11.5 Å². The van der Waals surface area contributed by atoms with E-state index in [1.165, 1.54) is 38.6 Å². The zero-order chi connectivity index (χ0) is 10.2. The Kier molecular flexibility index (Phi) is 4.45. The largest absolute Gasteiger partial charge is 0.326 e. The molecule has 2 aliphatic rings. The molecule has 3 heteroatoms. The van der Waals surface area contributed by atoms with Gasteiger partial charge in [0.25, 0.3) is 0 Å². The van der Waals surface area contributed by atoms with E-state index < -0.39 is 0 Å². The highest BCUT2D eigenvalue weighted by Gasteiger charge is 2.32. The lowest BCUT2D eigenvalue weighted by Gasteiger charge is -2.38. The maximum Gasteiger partial charge on any atom is 0.0180 e. The number of nitrogens with zero attached hydrogens (tertiary/aromatic N) is 1. The van der Waals surface area contributed by atoms with E-state index in [2.05, 4.69) is 18.7 Å². The van der Waals surface area contributed by atoms with Gasteiger partial charge in [0.05, 0.1) is 0 Å². The number of halogens is 1. The van der Waals surface area contributed by atoms with Crippen molar-refractivity contribution in [3.8, 4) is 0 Å². The molecule has 0 aromatic rings. The van der Waals surface area contributed by atoms with Crippen molar-refractivity contribution in [3.05, 3.63) is 0 Å². The molecule has 1 atom stereocenters. The molecule has 0 spiro atoms. The highest BCUT2D eigenvalue weighted by Crippen LogP contribution is 2.37. The van der Waals surface area contributed by atoms with E-state index in [0.717, 1.165) is 12.6 Å². The lowest BCUT2D eigenvalue weighted by molar-refractivity contribution is 0.126. The SMILES string of the molecule is CC1(C)CCC(N2CC[C@@H](N)C2)CC1.Cl. The van der Waals surface area contributed by atoms with E-state index in [1.54, 1.807) is 0 Å². The number of hydrogen-bond acceptors (Lipinski definition) is 2. The van der Waals surface area contributed by atoms with Gasteiger partial charge in [0.2, 0.25) is 0 Å². The Morgan fingerprint density at radius 2 is 1.73 bits per heavy atom. The van der Waals surface area contributed by atoms with Crippen LogP contribution in [0.25, 0.3) is 0 Å². The Balaban J connectivity index is 0.00000112. The topological polar surface area (TPSA) is 29.3 Å². The Morgan fingerprint density at radius 3 is 2.20 bits per heavy atom. The third kappa shape index (κ3) is 3.33. The molecule has 1 saturated carbocycles. The summed E-state index contributed by atoms with van der Waals surface area (Å²) in [4.78, 5) is 2.62. The smallest absolute Gasteiger partial charge is 0.0180 e. The van der Waals surface area contributed by atoms with Gasteiger partial charge in [-0.05, 0) is 37.5 Å². The molecule has 90 valence electrons. The molecule has 0 amide bonds. The fourth-order valence-corrected chi connectivity index (χ4v) is 2.90. The molecule has 1 saturated heterocycles. The molecule has 2 N–H and O–H groups in total. The zero-order valence-electron chi connectivity index (χ0n) is 10.0. The minimum atomic E-state index is 0. The van der Waals surface area contributed by atoms with E-state index in [1.807, 2.05) is 0 Å². The van der Waals surface area contributed by atoms with Gasteiger partial charge in [-0.3, -0.25) is 4.90 Å². The third-order valence-electron chi connectivity index (χ3n) is 4.08. The van der Waals surface area contributed by atoms with Gasteiger partial charge < -0.3 is 5.73 Å². The number of hydrogen-bond donors (Lipinski definition) is 1. The Bertz CT molecular complexity index is 196. The standard InChI is InChI=1S/C12H24N2.ClH/c1-12(2)6-3-11(4-7-12)14-8-5-10(13)9-14;/h10-11H,3-9,13H2,1-2H3;1H/t10-;/m1./s1. The molecule has 2 fully saturated rings. The minimum Gasteiger partial charge on any atom is -0.326 e. The van der Waals surface area contributed by atoms with Gasteiger partial charge in [-0.1, -0.05) is 13.8 Å². The van der Waals surface area contributed by atoms with Crippen molar-refractivity contribution in [2.24, 2.45) is 11.1 Å². The predicted molar refractivity (Wildman–Crippen MR) is 67.5 cm³/mol. The van der Waals surface area contributed by atoms with E-state index >= 15 is 0 Å². The first-order valence-electron chi connectivity index (χ1n) is 6.06. The Labute approximate surface area is 100.0 Å². The quantitative estimate of drug-likeness (QED) is 0.753. The molecule has 2 nitrogen and oxygen atoms in total. The minimum absolute atomic E-state index is 0. The summed E-state index contributed by atoms with van der Waals surface area (Å²) in [5, 5.41) is 0. The van der Waals surface area contributed by atoms with Crippen molar-refractivity contribution in [3.63, 3.8) is 0 Å². The van der Waals surface area contributed by atoms with Gasteiger partial charge in [0.15, 0.2) is 0 Å². The van der Waals surface area contributed by atoms with Gasteiger partial charge in [-0.2, -0.15) is 0 Å². The van der Waals surface area contributed by atoms with Crippen molar-refractivity contribution in [1.82, 2.24) is 4.90 Å². The summed E-state index contributed by atoms with van der Waals surface area (Å²) in [5.74, 6) is 0. The molecule has 0 radical (unpaired) electrons. The summed E-state index contributed by atoms with van der Waals surface area (Å²) in [7, 11) is 0. The Hall–Kier alpha value is 0.210. The summed E-state index contributed by atoms with van der Waals surface area (Å²) in [6.45, 7) is 7.19. The van der Waals surface area contributed by atoms with Crippen LogP contribution in [0.3, 0.4) is 0 Å². The number of rotatable bonds is 1. The van der Waals surface area contributed by atoms with Crippen molar-refractivity contribution in [2.75, 3.05) is 13.1 Å². The lowest BCUT2D eigenvalue weighted by atomic mass is 9.75. The molecule has 0 bridgehead atoms. The second-order valence-corrected chi connectivity index (χ2v) is 5.94. The van der Waals surface area contributed by atoms with Gasteiger partial charge in [-0.25, -0.2) is 0 Å². The molecule has 15 heavy (non-hydrogen) atoms. The second kappa shape index (κ2) is 5.03. The maximum atomic E-state index is 5.94. The van der Waals surface area contributed by atoms with Crippen molar-refractivity contribution >= 4 is 12.4 Å². The van der Waals surface area contributed by atoms with Gasteiger partial charge in [0, 0.05) is 25.2 Å². The molecular weight excluding hydrogens is 208 g/mol. The van der Waals surface area contributed by atoms with Crippen LogP contribution in [0.1, 0.15) is 46.0 Å². The fraction of sp³-hybridized carbons (Fsp3) is 1.00. The summed E-state index contributed by atoms with van der Waals surface area (Å²) >= 11 is 0. The van der Waals surface area contributed by atoms with Crippen LogP contribution in [0.4, 0.5) is 0 Å². The lowest BCUT2D eigenvalue weighted by Crippen LogP contribution is -2.39. The highest BCUT2D eigenvalue weighted by atomic mass is 35.5. The number of likely N-dealkylation sites (tertiary alicyclic amines) is 1. The predicted octanol–water partition coefficient (Wildman–Crippen LogP) is 2.41. The van der Waals surface area contributed by atoms with Crippen LogP contribution < -0.4 is 5.73 Å².